The molecule has 0 fully saturated rings. The Balaban J connectivity index is 2.88. The highest BCUT2D eigenvalue weighted by Gasteiger charge is 2.10. The Labute approximate surface area is 72.8 Å². The van der Waals surface area contributed by atoms with Crippen molar-refractivity contribution in [2.24, 2.45) is 0 Å². The summed E-state index contributed by atoms with van der Waals surface area (Å²) >= 11 is 0. The molecule has 0 aliphatic heterocycles. The van der Waals surface area contributed by atoms with E-state index in [2.05, 4.69) is 0 Å². The van der Waals surface area contributed by atoms with E-state index >= 15 is 0 Å². The Morgan fingerprint density at radius 1 is 1.25 bits per heavy atom. The van der Waals surface area contributed by atoms with Gasteiger partial charge in [-0.3, -0.25) is 4.90 Å². The van der Waals surface area contributed by atoms with E-state index in [0.29, 0.717) is 0 Å². The Bertz CT molecular complexity index is 243. The van der Waals surface area contributed by atoms with E-state index in [1.165, 1.54) is 0 Å². The van der Waals surface area contributed by atoms with Crippen LogP contribution >= 0.6 is 0 Å². The van der Waals surface area contributed by atoms with Gasteiger partial charge < -0.3 is 4.79 Å². The Kier molecular flexibility index (Phi) is 3.00. The third-order valence-corrected chi connectivity index (χ3v) is 1.83. The minimum absolute atomic E-state index is 0.119. The number of nitrogens with zero attached hydrogens (tertiary/aromatic N) is 1. The minimum atomic E-state index is -0.119. The number of carbonyl (C=O) groups is 1. The first-order valence-corrected chi connectivity index (χ1v) is 3.92. The number of hydrogen-bond donors (Lipinski definition) is 0. The zero-order valence-electron chi connectivity index (χ0n) is 7.40. The van der Waals surface area contributed by atoms with Crippen LogP contribution in [0.15, 0.2) is 30.3 Å². The monoisotopic (exact) mass is 163 g/mol. The molecular weight excluding hydrogens is 150 g/mol. The average molecular weight is 163 g/mol. The summed E-state index contributed by atoms with van der Waals surface area (Å²) in [5.41, 5.74) is 1.04. The van der Waals surface area contributed by atoms with Crippen LogP contribution in [0.3, 0.4) is 0 Å². The summed E-state index contributed by atoms with van der Waals surface area (Å²) < 4.78 is 0. The molecule has 1 rings (SSSR count). The van der Waals surface area contributed by atoms with Crippen LogP contribution in [0.2, 0.25) is 0 Å². The molecule has 0 aliphatic rings. The second kappa shape index (κ2) is 4.02. The summed E-state index contributed by atoms with van der Waals surface area (Å²) in [6.07, 6.45) is 0.954. The van der Waals surface area contributed by atoms with Crippen LogP contribution in [0.25, 0.3) is 0 Å². The van der Waals surface area contributed by atoms with Crippen LogP contribution in [0, 0.1) is 0 Å². The summed E-state index contributed by atoms with van der Waals surface area (Å²) in [4.78, 5) is 12.6. The normalized spacial score (nSPS) is 12.9. The van der Waals surface area contributed by atoms with Gasteiger partial charge in [-0.1, -0.05) is 30.3 Å². The highest BCUT2D eigenvalue weighted by atomic mass is 16.1. The third-order valence-electron chi connectivity index (χ3n) is 1.83. The predicted octanol–water partition coefficient (Wildman–Crippen LogP) is 1.49. The van der Waals surface area contributed by atoms with E-state index in [0.717, 1.165) is 11.8 Å². The second-order valence-corrected chi connectivity index (χ2v) is 2.96. The van der Waals surface area contributed by atoms with Crippen LogP contribution in [-0.2, 0) is 4.79 Å². The van der Waals surface area contributed by atoms with Gasteiger partial charge in [-0.25, -0.2) is 0 Å². The van der Waals surface area contributed by atoms with Gasteiger partial charge in [0.1, 0.15) is 6.29 Å². The lowest BCUT2D eigenvalue weighted by Gasteiger charge is -2.18. The average Bonchev–Trinajstić information content (AvgIpc) is 2.07. The summed E-state index contributed by atoms with van der Waals surface area (Å²) in [6.45, 7) is 0. The predicted molar refractivity (Wildman–Crippen MR) is 48.9 cm³/mol. The number of hydrogen-bond acceptors (Lipinski definition) is 2. The van der Waals surface area contributed by atoms with Crippen molar-refractivity contribution in [2.45, 2.75) is 6.04 Å². The van der Waals surface area contributed by atoms with Gasteiger partial charge in [0.25, 0.3) is 0 Å². The molecule has 0 aliphatic carbocycles. The molecule has 1 unspecified atom stereocenters. The molecule has 0 radical (unpaired) electrons. The van der Waals surface area contributed by atoms with E-state index < -0.39 is 0 Å². The van der Waals surface area contributed by atoms with Gasteiger partial charge >= 0.3 is 0 Å². The van der Waals surface area contributed by atoms with Crippen LogP contribution < -0.4 is 0 Å². The number of carbonyl (C=O) groups excluding carboxylic acids is 1. The fourth-order valence-corrected chi connectivity index (χ4v) is 1.15. The van der Waals surface area contributed by atoms with Crippen molar-refractivity contribution in [2.75, 3.05) is 14.1 Å². The van der Waals surface area contributed by atoms with Crippen molar-refractivity contribution < 1.29 is 4.79 Å². The van der Waals surface area contributed by atoms with E-state index in [9.17, 15) is 4.79 Å². The van der Waals surface area contributed by atoms with E-state index in [-0.39, 0.29) is 6.04 Å². The van der Waals surface area contributed by atoms with E-state index in [4.69, 9.17) is 0 Å². The molecule has 2 heteroatoms. The fourth-order valence-electron chi connectivity index (χ4n) is 1.15. The zero-order valence-corrected chi connectivity index (χ0v) is 7.40. The zero-order chi connectivity index (χ0) is 8.97. The van der Waals surface area contributed by atoms with Crippen LogP contribution in [-0.4, -0.2) is 25.3 Å². The lowest BCUT2D eigenvalue weighted by molar-refractivity contribution is -0.111. The number of aldehydes is 1. The molecule has 0 saturated heterocycles. The van der Waals surface area contributed by atoms with Crippen molar-refractivity contribution in [3.8, 4) is 0 Å². The summed E-state index contributed by atoms with van der Waals surface area (Å²) in [5.74, 6) is 0. The maximum atomic E-state index is 10.7. The molecular formula is C10H13NO. The summed E-state index contributed by atoms with van der Waals surface area (Å²) in [6, 6.07) is 9.62. The molecule has 2 nitrogen and oxygen atoms in total. The minimum Gasteiger partial charge on any atom is -0.301 e. The Morgan fingerprint density at radius 2 is 1.83 bits per heavy atom. The standard InChI is InChI=1S/C10H13NO/c1-11(2)10(8-12)9-6-4-3-5-7-9/h3-8,10H,1-2H3. The molecule has 0 amide bonds. The highest BCUT2D eigenvalue weighted by molar-refractivity contribution is 5.61. The quantitative estimate of drug-likeness (QED) is 0.629. The summed E-state index contributed by atoms with van der Waals surface area (Å²) in [7, 11) is 3.79. The van der Waals surface area contributed by atoms with Crippen molar-refractivity contribution >= 4 is 6.29 Å². The number of benzene rings is 1. The molecule has 1 atom stereocenters. The van der Waals surface area contributed by atoms with Crippen LogP contribution in [0.5, 0.6) is 0 Å². The van der Waals surface area contributed by atoms with Gasteiger partial charge in [0.15, 0.2) is 0 Å². The molecule has 0 bridgehead atoms. The third kappa shape index (κ3) is 1.92. The first kappa shape index (κ1) is 8.94. The first-order valence-electron chi connectivity index (χ1n) is 3.92. The van der Waals surface area contributed by atoms with Gasteiger partial charge in [-0.05, 0) is 19.7 Å². The van der Waals surface area contributed by atoms with Gasteiger partial charge in [-0.15, -0.1) is 0 Å². The van der Waals surface area contributed by atoms with Gasteiger partial charge in [0, 0.05) is 0 Å². The molecule has 0 spiro atoms. The summed E-state index contributed by atoms with van der Waals surface area (Å²) in [5, 5.41) is 0. The number of likely N-dealkylation sites (N-methyl/N-ethyl adjacent to an activating group) is 1. The van der Waals surface area contributed by atoms with Crippen molar-refractivity contribution in [3.05, 3.63) is 35.9 Å². The van der Waals surface area contributed by atoms with E-state index in [1.807, 2.05) is 49.3 Å². The highest BCUT2D eigenvalue weighted by Crippen LogP contribution is 2.14. The smallest absolute Gasteiger partial charge is 0.141 e. The Morgan fingerprint density at radius 3 is 2.25 bits per heavy atom. The van der Waals surface area contributed by atoms with E-state index in [1.54, 1.807) is 0 Å². The Hall–Kier alpha value is -1.15. The van der Waals surface area contributed by atoms with Crippen LogP contribution in [0.4, 0.5) is 0 Å². The molecule has 12 heavy (non-hydrogen) atoms. The number of rotatable bonds is 3. The maximum Gasteiger partial charge on any atom is 0.141 e. The molecule has 0 heterocycles. The molecule has 0 saturated carbocycles. The van der Waals surface area contributed by atoms with Crippen molar-refractivity contribution in [3.63, 3.8) is 0 Å². The lowest BCUT2D eigenvalue weighted by atomic mass is 10.1. The molecule has 1 aromatic carbocycles. The van der Waals surface area contributed by atoms with Crippen molar-refractivity contribution in [1.29, 1.82) is 0 Å². The molecule has 1 aromatic rings. The molecule has 0 N–H and O–H groups in total. The maximum absolute atomic E-state index is 10.7. The van der Waals surface area contributed by atoms with Crippen molar-refractivity contribution in [1.82, 2.24) is 4.90 Å². The molecule has 64 valence electrons. The molecule has 0 aromatic heterocycles. The van der Waals surface area contributed by atoms with Crippen LogP contribution in [0.1, 0.15) is 11.6 Å². The van der Waals surface area contributed by atoms with Gasteiger partial charge in [0.2, 0.25) is 0 Å². The lowest BCUT2D eigenvalue weighted by Crippen LogP contribution is -2.20. The second-order valence-electron chi connectivity index (χ2n) is 2.96. The SMILES string of the molecule is CN(C)C(C=O)c1ccccc1. The fraction of sp³-hybridized carbons (Fsp3) is 0.300. The largest absolute Gasteiger partial charge is 0.301 e. The van der Waals surface area contributed by atoms with Gasteiger partial charge in [-0.2, -0.15) is 0 Å². The topological polar surface area (TPSA) is 20.3 Å². The van der Waals surface area contributed by atoms with Gasteiger partial charge in [0.05, 0.1) is 6.04 Å². The first-order chi connectivity index (χ1) is 5.75.